The van der Waals surface area contributed by atoms with Crippen LogP contribution in [-0.4, -0.2) is 32.2 Å². The lowest BCUT2D eigenvalue weighted by Crippen LogP contribution is -2.29. The summed E-state index contributed by atoms with van der Waals surface area (Å²) in [6, 6.07) is 11.4. The lowest BCUT2D eigenvalue weighted by molar-refractivity contribution is 0.0722. The second-order valence-electron chi connectivity index (χ2n) is 5.73. The van der Waals surface area contributed by atoms with E-state index >= 15 is 0 Å². The molecule has 0 saturated carbocycles. The summed E-state index contributed by atoms with van der Waals surface area (Å²) in [4.78, 5) is 22.8. The molecule has 0 aliphatic rings. The van der Waals surface area contributed by atoms with Crippen LogP contribution in [-0.2, 0) is 0 Å². The van der Waals surface area contributed by atoms with Crippen LogP contribution in [0, 0.1) is 0 Å². The summed E-state index contributed by atoms with van der Waals surface area (Å²) in [5.41, 5.74) is 1.18. The van der Waals surface area contributed by atoms with E-state index in [2.05, 4.69) is 9.97 Å². The second kappa shape index (κ2) is 5.49. The van der Waals surface area contributed by atoms with E-state index in [0.717, 1.165) is 16.7 Å². The van der Waals surface area contributed by atoms with Gasteiger partial charge in [-0.25, -0.2) is 9.97 Å². The van der Waals surface area contributed by atoms with Crippen molar-refractivity contribution in [2.75, 3.05) is 7.05 Å². The second-order valence-corrected chi connectivity index (χ2v) is 5.73. The molecule has 3 aromatic heterocycles. The molecule has 0 saturated heterocycles. The molecule has 4 aromatic rings. The number of fused-ring (bicyclic) bond motifs is 2. The van der Waals surface area contributed by atoms with Crippen molar-refractivity contribution < 1.29 is 9.21 Å². The Hall–Kier alpha value is -3.15. The Morgan fingerprint density at radius 3 is 2.92 bits per heavy atom. The van der Waals surface area contributed by atoms with Crippen molar-refractivity contribution >= 4 is 22.7 Å². The fraction of sp³-hybridized carbons (Fsp3) is 0.167. The number of nitrogens with zero attached hydrogens (tertiary/aromatic N) is 4. The highest BCUT2D eigenvalue weighted by Crippen LogP contribution is 2.27. The maximum Gasteiger partial charge on any atom is 0.274 e. The first kappa shape index (κ1) is 14.4. The van der Waals surface area contributed by atoms with Crippen molar-refractivity contribution in [2.45, 2.75) is 13.0 Å². The summed E-state index contributed by atoms with van der Waals surface area (Å²) in [5.74, 6) is 1.08. The average molecular weight is 320 g/mol. The monoisotopic (exact) mass is 320 g/mol. The largest absolute Gasteiger partial charge is 0.459 e. The lowest BCUT2D eigenvalue weighted by atomic mass is 10.2. The van der Waals surface area contributed by atoms with E-state index in [1.807, 2.05) is 43.5 Å². The molecule has 24 heavy (non-hydrogen) atoms. The SMILES string of the molecule is CC(c1cc2ccccc2o1)N(C)C(=O)c1cn2cccnc2n1. The number of furan rings is 1. The van der Waals surface area contributed by atoms with Crippen molar-refractivity contribution in [1.29, 1.82) is 0 Å². The molecular weight excluding hydrogens is 304 g/mol. The van der Waals surface area contributed by atoms with Gasteiger partial charge in [-0.15, -0.1) is 0 Å². The van der Waals surface area contributed by atoms with Crippen LogP contribution in [0.5, 0.6) is 0 Å². The van der Waals surface area contributed by atoms with Gasteiger partial charge in [-0.1, -0.05) is 18.2 Å². The van der Waals surface area contributed by atoms with Gasteiger partial charge >= 0.3 is 0 Å². The number of aromatic nitrogens is 3. The summed E-state index contributed by atoms with van der Waals surface area (Å²) in [7, 11) is 1.75. The first-order chi connectivity index (χ1) is 11.6. The van der Waals surface area contributed by atoms with Crippen LogP contribution < -0.4 is 0 Å². The van der Waals surface area contributed by atoms with Crippen LogP contribution in [0.2, 0.25) is 0 Å². The fourth-order valence-electron chi connectivity index (χ4n) is 2.69. The summed E-state index contributed by atoms with van der Waals surface area (Å²) in [6.07, 6.45) is 5.15. The Labute approximate surface area is 138 Å². The molecule has 0 N–H and O–H groups in total. The number of hydrogen-bond acceptors (Lipinski definition) is 4. The molecule has 6 heteroatoms. The van der Waals surface area contributed by atoms with Crippen molar-refractivity contribution in [3.8, 4) is 0 Å². The van der Waals surface area contributed by atoms with Crippen LogP contribution in [0.3, 0.4) is 0 Å². The third-order valence-corrected chi connectivity index (χ3v) is 4.21. The topological polar surface area (TPSA) is 63.6 Å². The van der Waals surface area contributed by atoms with Crippen molar-refractivity contribution in [1.82, 2.24) is 19.3 Å². The molecule has 4 rings (SSSR count). The Morgan fingerprint density at radius 1 is 1.29 bits per heavy atom. The number of hydrogen-bond donors (Lipinski definition) is 0. The molecule has 0 aliphatic heterocycles. The van der Waals surface area contributed by atoms with Gasteiger partial charge in [0.25, 0.3) is 5.91 Å². The van der Waals surface area contributed by atoms with Gasteiger partial charge in [0, 0.05) is 31.0 Å². The highest BCUT2D eigenvalue weighted by atomic mass is 16.3. The van der Waals surface area contributed by atoms with E-state index in [1.165, 1.54) is 0 Å². The normalized spacial score (nSPS) is 12.6. The molecule has 0 fully saturated rings. The van der Waals surface area contributed by atoms with Crippen LogP contribution in [0.25, 0.3) is 16.7 Å². The smallest absolute Gasteiger partial charge is 0.274 e. The van der Waals surface area contributed by atoms with Crippen molar-refractivity contribution in [3.63, 3.8) is 0 Å². The molecule has 3 heterocycles. The molecule has 120 valence electrons. The maximum absolute atomic E-state index is 12.7. The standard InChI is InChI=1S/C18H16N4O2/c1-12(16-10-13-6-3-4-7-15(13)24-16)21(2)17(23)14-11-22-9-5-8-19-18(22)20-14/h3-12H,1-2H3. The highest BCUT2D eigenvalue weighted by Gasteiger charge is 2.23. The third-order valence-electron chi connectivity index (χ3n) is 4.21. The maximum atomic E-state index is 12.7. The van der Waals surface area contributed by atoms with Crippen molar-refractivity contribution in [2.24, 2.45) is 0 Å². The zero-order chi connectivity index (χ0) is 16.7. The van der Waals surface area contributed by atoms with E-state index < -0.39 is 0 Å². The predicted octanol–water partition coefficient (Wildman–Crippen LogP) is 3.31. The molecule has 1 amide bonds. The van der Waals surface area contributed by atoms with E-state index in [1.54, 1.807) is 34.8 Å². The molecule has 1 atom stereocenters. The molecule has 0 radical (unpaired) electrons. The van der Waals surface area contributed by atoms with Gasteiger partial charge in [0.15, 0.2) is 0 Å². The Bertz CT molecular complexity index is 968. The van der Waals surface area contributed by atoms with Gasteiger partial charge in [0.2, 0.25) is 5.78 Å². The van der Waals surface area contributed by atoms with Gasteiger partial charge in [0.05, 0.1) is 6.04 Å². The number of rotatable bonds is 3. The van der Waals surface area contributed by atoms with Crippen LogP contribution in [0.4, 0.5) is 0 Å². The molecule has 0 bridgehead atoms. The molecule has 1 aromatic carbocycles. The first-order valence-electron chi connectivity index (χ1n) is 7.69. The Balaban J connectivity index is 1.63. The summed E-state index contributed by atoms with van der Waals surface area (Å²) in [5, 5.41) is 1.03. The van der Waals surface area contributed by atoms with E-state index in [0.29, 0.717) is 11.5 Å². The molecule has 0 aliphatic carbocycles. The minimum absolute atomic E-state index is 0.173. The van der Waals surface area contributed by atoms with E-state index in [-0.39, 0.29) is 11.9 Å². The Morgan fingerprint density at radius 2 is 2.12 bits per heavy atom. The van der Waals surface area contributed by atoms with Gasteiger partial charge in [0.1, 0.15) is 17.0 Å². The quantitative estimate of drug-likeness (QED) is 0.581. The van der Waals surface area contributed by atoms with Gasteiger partial charge in [-0.3, -0.25) is 9.20 Å². The van der Waals surface area contributed by atoms with Gasteiger partial charge in [-0.2, -0.15) is 0 Å². The minimum Gasteiger partial charge on any atom is -0.459 e. The molecule has 6 nitrogen and oxygen atoms in total. The fourth-order valence-corrected chi connectivity index (χ4v) is 2.69. The number of carbonyl (C=O) groups is 1. The van der Waals surface area contributed by atoms with Gasteiger partial charge in [-0.05, 0) is 25.1 Å². The third kappa shape index (κ3) is 2.32. The number of carbonyl (C=O) groups excluding carboxylic acids is 1. The summed E-state index contributed by atoms with van der Waals surface area (Å²) < 4.78 is 7.59. The highest BCUT2D eigenvalue weighted by molar-refractivity contribution is 5.93. The van der Waals surface area contributed by atoms with Gasteiger partial charge < -0.3 is 9.32 Å². The molecular formula is C18H16N4O2. The Kier molecular flexibility index (Phi) is 3.30. The van der Waals surface area contributed by atoms with Crippen molar-refractivity contribution in [3.05, 3.63) is 66.4 Å². The average Bonchev–Trinajstić information content (AvgIpc) is 3.23. The number of imidazole rings is 1. The minimum atomic E-state index is -0.206. The number of benzene rings is 1. The lowest BCUT2D eigenvalue weighted by Gasteiger charge is -2.22. The van der Waals surface area contributed by atoms with E-state index in [4.69, 9.17) is 4.42 Å². The summed E-state index contributed by atoms with van der Waals surface area (Å²) >= 11 is 0. The predicted molar refractivity (Wildman–Crippen MR) is 89.7 cm³/mol. The zero-order valence-electron chi connectivity index (χ0n) is 13.4. The van der Waals surface area contributed by atoms with Crippen LogP contribution >= 0.6 is 0 Å². The summed E-state index contributed by atoms with van der Waals surface area (Å²) in [6.45, 7) is 1.93. The molecule has 0 spiro atoms. The first-order valence-corrected chi connectivity index (χ1v) is 7.69. The number of amides is 1. The van der Waals surface area contributed by atoms with Crippen LogP contribution in [0.15, 0.2) is 59.4 Å². The molecule has 1 unspecified atom stereocenters. The zero-order valence-corrected chi connectivity index (χ0v) is 13.4. The number of para-hydroxylation sites is 1. The van der Waals surface area contributed by atoms with Crippen LogP contribution in [0.1, 0.15) is 29.2 Å². The van der Waals surface area contributed by atoms with E-state index in [9.17, 15) is 4.79 Å².